The van der Waals surface area contributed by atoms with Gasteiger partial charge >= 0.3 is 18.2 Å². The van der Waals surface area contributed by atoms with Crippen LogP contribution in [0.4, 0.5) is 21.1 Å². The van der Waals surface area contributed by atoms with Gasteiger partial charge in [0.2, 0.25) is 0 Å². The first-order chi connectivity index (χ1) is 20.0. The summed E-state index contributed by atoms with van der Waals surface area (Å²) in [6.45, 7) is 11.4. The van der Waals surface area contributed by atoms with Crippen molar-refractivity contribution in [2.24, 2.45) is 0 Å². The Morgan fingerprint density at radius 1 is 1.05 bits per heavy atom. The molecule has 0 spiro atoms. The van der Waals surface area contributed by atoms with E-state index >= 15 is 0 Å². The SMILES string of the molecule is COC(=O)[C@@]1(NC(=O)OC(C)(C)C)CCN(c2cc(Cl)cc(Br)c2Cn2cnc3c(NC(=O)OC(C)(C)C)ncnc32)C1. The standard InChI is InChI=1S/C28H35BrClN7O6/c1-26(2,3)42-24(39)34-21-20-22(32-14-31-21)37(15-33-20)12-17-18(29)10-16(30)11-19(17)36-9-8-28(13-36,23(38)41-7)35-25(40)43-27(4,5)6/h10-11,14-15H,8-9,12-13H2,1-7H3,(H,35,40)(H,31,32,34,39)/t28-/m1/s1. The zero-order valence-electron chi connectivity index (χ0n) is 25.1. The molecule has 1 aromatic carbocycles. The van der Waals surface area contributed by atoms with Crippen molar-refractivity contribution >= 4 is 68.4 Å². The largest absolute Gasteiger partial charge is 0.467 e. The molecular weight excluding hydrogens is 646 g/mol. The van der Waals surface area contributed by atoms with Crippen LogP contribution < -0.4 is 15.5 Å². The zero-order chi connectivity index (χ0) is 31.7. The summed E-state index contributed by atoms with van der Waals surface area (Å²) in [7, 11) is 1.28. The lowest BCUT2D eigenvalue weighted by atomic mass is 9.99. The lowest BCUT2D eigenvalue weighted by Gasteiger charge is -2.30. The summed E-state index contributed by atoms with van der Waals surface area (Å²) in [6.07, 6.45) is 1.83. The van der Waals surface area contributed by atoms with Crippen LogP contribution in [0.3, 0.4) is 0 Å². The number of amides is 2. The number of alkyl carbamates (subject to hydrolysis) is 1. The van der Waals surface area contributed by atoms with E-state index in [9.17, 15) is 14.4 Å². The van der Waals surface area contributed by atoms with Crippen LogP contribution in [0.5, 0.6) is 0 Å². The number of esters is 1. The van der Waals surface area contributed by atoms with Gasteiger partial charge in [-0.25, -0.2) is 29.3 Å². The molecule has 1 aliphatic heterocycles. The summed E-state index contributed by atoms with van der Waals surface area (Å²) in [5.74, 6) is -0.366. The third kappa shape index (κ3) is 7.66. The third-order valence-corrected chi connectivity index (χ3v) is 7.34. The summed E-state index contributed by atoms with van der Waals surface area (Å²) in [4.78, 5) is 53.1. The van der Waals surface area contributed by atoms with Crippen LogP contribution in [0, 0.1) is 0 Å². The predicted octanol–water partition coefficient (Wildman–Crippen LogP) is 5.28. The van der Waals surface area contributed by atoms with Crippen LogP contribution in [0.15, 0.2) is 29.3 Å². The van der Waals surface area contributed by atoms with E-state index in [2.05, 4.69) is 41.5 Å². The molecule has 3 heterocycles. The van der Waals surface area contributed by atoms with E-state index in [1.165, 1.54) is 13.4 Å². The molecule has 1 atom stereocenters. The first-order valence-corrected chi connectivity index (χ1v) is 14.7. The molecule has 0 unspecified atom stereocenters. The van der Waals surface area contributed by atoms with Crippen molar-refractivity contribution < 1.29 is 28.6 Å². The van der Waals surface area contributed by atoms with Crippen molar-refractivity contribution in [3.8, 4) is 0 Å². The number of anilines is 2. The topological polar surface area (TPSA) is 150 Å². The van der Waals surface area contributed by atoms with E-state index in [1.807, 2.05) is 4.90 Å². The molecule has 2 amide bonds. The number of hydrogen-bond acceptors (Lipinski definition) is 10. The molecule has 0 saturated carbocycles. The fourth-order valence-corrected chi connectivity index (χ4v) is 5.64. The molecule has 1 saturated heterocycles. The molecule has 0 bridgehead atoms. The highest BCUT2D eigenvalue weighted by Crippen LogP contribution is 2.37. The Kier molecular flexibility index (Phi) is 9.12. The molecule has 43 heavy (non-hydrogen) atoms. The third-order valence-electron chi connectivity index (χ3n) is 6.41. The Hall–Kier alpha value is -3.65. The lowest BCUT2D eigenvalue weighted by molar-refractivity contribution is -0.147. The number of carbonyl (C=O) groups excluding carboxylic acids is 3. The highest BCUT2D eigenvalue weighted by Gasteiger charge is 2.48. The van der Waals surface area contributed by atoms with E-state index in [0.29, 0.717) is 33.7 Å². The molecule has 2 N–H and O–H groups in total. The van der Waals surface area contributed by atoms with Gasteiger partial charge in [-0.15, -0.1) is 0 Å². The number of aromatic nitrogens is 4. The number of hydrogen-bond donors (Lipinski definition) is 2. The summed E-state index contributed by atoms with van der Waals surface area (Å²) < 4.78 is 18.4. The number of halogens is 2. The van der Waals surface area contributed by atoms with Gasteiger partial charge in [0.05, 0.1) is 26.5 Å². The van der Waals surface area contributed by atoms with Crippen LogP contribution in [-0.4, -0.2) is 74.6 Å². The Bertz CT molecular complexity index is 1550. The maximum atomic E-state index is 13.0. The molecule has 1 aliphatic rings. The maximum absolute atomic E-state index is 13.0. The molecule has 2 aromatic heterocycles. The van der Waals surface area contributed by atoms with Crippen molar-refractivity contribution in [2.45, 2.75) is 71.2 Å². The average molecular weight is 681 g/mol. The molecule has 1 fully saturated rings. The highest BCUT2D eigenvalue weighted by atomic mass is 79.9. The van der Waals surface area contributed by atoms with Gasteiger partial charge in [-0.1, -0.05) is 27.5 Å². The minimum absolute atomic E-state index is 0.121. The maximum Gasteiger partial charge on any atom is 0.413 e. The van der Waals surface area contributed by atoms with Crippen LogP contribution in [0.25, 0.3) is 11.2 Å². The van der Waals surface area contributed by atoms with E-state index in [1.54, 1.807) is 64.6 Å². The van der Waals surface area contributed by atoms with Gasteiger partial charge < -0.3 is 29.0 Å². The number of methoxy groups -OCH3 is 1. The van der Waals surface area contributed by atoms with Gasteiger partial charge in [-0.05, 0) is 53.7 Å². The Morgan fingerprint density at radius 3 is 2.37 bits per heavy atom. The smallest absolute Gasteiger partial charge is 0.413 e. The number of fused-ring (bicyclic) bond motifs is 1. The molecule has 15 heteroatoms. The second-order valence-corrected chi connectivity index (χ2v) is 13.4. The van der Waals surface area contributed by atoms with Crippen LogP contribution in [-0.2, 0) is 25.5 Å². The van der Waals surface area contributed by atoms with E-state index in [4.69, 9.17) is 25.8 Å². The fourth-order valence-electron chi connectivity index (χ4n) is 4.72. The number of imidazole rings is 1. The molecule has 0 aliphatic carbocycles. The summed E-state index contributed by atoms with van der Waals surface area (Å²) in [6, 6.07) is 3.57. The molecule has 0 radical (unpaired) electrons. The second kappa shape index (κ2) is 12.2. The summed E-state index contributed by atoms with van der Waals surface area (Å²) in [5, 5.41) is 5.87. The quantitative estimate of drug-likeness (QED) is 0.260. The van der Waals surface area contributed by atoms with Gasteiger partial charge in [0.1, 0.15) is 17.5 Å². The second-order valence-electron chi connectivity index (χ2n) is 12.2. The summed E-state index contributed by atoms with van der Waals surface area (Å²) >= 11 is 10.1. The van der Waals surface area contributed by atoms with Crippen molar-refractivity contribution in [1.82, 2.24) is 24.8 Å². The van der Waals surface area contributed by atoms with Gasteiger partial charge in [0.15, 0.2) is 22.5 Å². The van der Waals surface area contributed by atoms with Crippen molar-refractivity contribution in [2.75, 3.05) is 30.4 Å². The number of nitrogens with zero attached hydrogens (tertiary/aromatic N) is 5. The molecule has 3 aromatic rings. The minimum atomic E-state index is -1.33. The van der Waals surface area contributed by atoms with E-state index in [-0.39, 0.29) is 18.8 Å². The fraction of sp³-hybridized carbons (Fsp3) is 0.500. The van der Waals surface area contributed by atoms with Crippen molar-refractivity contribution in [1.29, 1.82) is 0 Å². The monoisotopic (exact) mass is 679 g/mol. The average Bonchev–Trinajstić information content (AvgIpc) is 3.48. The Morgan fingerprint density at radius 2 is 1.72 bits per heavy atom. The van der Waals surface area contributed by atoms with Crippen molar-refractivity contribution in [3.63, 3.8) is 0 Å². The number of ether oxygens (including phenoxy) is 3. The Balaban J connectivity index is 1.65. The van der Waals surface area contributed by atoms with Gasteiger partial charge in [0, 0.05) is 33.7 Å². The first-order valence-electron chi connectivity index (χ1n) is 13.5. The highest BCUT2D eigenvalue weighted by molar-refractivity contribution is 9.10. The first kappa shape index (κ1) is 32.3. The lowest BCUT2D eigenvalue weighted by Crippen LogP contribution is -2.57. The molecule has 232 valence electrons. The Labute approximate surface area is 262 Å². The summed E-state index contributed by atoms with van der Waals surface area (Å²) in [5.41, 5.74) is -0.347. The molecule has 13 nitrogen and oxygen atoms in total. The molecular formula is C28H35BrClN7O6. The predicted molar refractivity (Wildman–Crippen MR) is 164 cm³/mol. The van der Waals surface area contributed by atoms with Gasteiger partial charge in [-0.3, -0.25) is 5.32 Å². The normalized spacial score (nSPS) is 17.1. The van der Waals surface area contributed by atoms with Gasteiger partial charge in [-0.2, -0.15) is 0 Å². The van der Waals surface area contributed by atoms with E-state index in [0.717, 1.165) is 11.3 Å². The minimum Gasteiger partial charge on any atom is -0.467 e. The van der Waals surface area contributed by atoms with Crippen LogP contribution in [0.2, 0.25) is 5.02 Å². The van der Waals surface area contributed by atoms with Crippen LogP contribution >= 0.6 is 27.5 Å². The van der Waals surface area contributed by atoms with E-state index < -0.39 is 34.9 Å². The number of rotatable bonds is 6. The van der Waals surface area contributed by atoms with Crippen LogP contribution in [0.1, 0.15) is 53.5 Å². The number of benzene rings is 1. The number of carbonyl (C=O) groups is 3. The molecule has 4 rings (SSSR count). The van der Waals surface area contributed by atoms with Gasteiger partial charge in [0.25, 0.3) is 0 Å². The van der Waals surface area contributed by atoms with Crippen molar-refractivity contribution in [3.05, 3.63) is 39.8 Å². The number of nitrogens with one attached hydrogen (secondary N) is 2. The zero-order valence-corrected chi connectivity index (χ0v) is 27.4.